The molecule has 0 aliphatic heterocycles. The highest BCUT2D eigenvalue weighted by atomic mass is 19.4. The van der Waals surface area contributed by atoms with Gasteiger partial charge in [0.2, 0.25) is 0 Å². The Hall–Kier alpha value is -2.88. The van der Waals surface area contributed by atoms with E-state index in [-0.39, 0.29) is 22.6 Å². The van der Waals surface area contributed by atoms with Crippen molar-refractivity contribution in [3.63, 3.8) is 0 Å². The molecule has 7 nitrogen and oxygen atoms in total. The summed E-state index contributed by atoms with van der Waals surface area (Å²) in [6.07, 6.45) is -4.50. The van der Waals surface area contributed by atoms with E-state index in [1.807, 2.05) is 0 Å². The number of hydrogen-bond acceptors (Lipinski definition) is 5. The van der Waals surface area contributed by atoms with Gasteiger partial charge in [-0.15, -0.1) is 0 Å². The molecule has 0 saturated heterocycles. The number of benzene rings is 1. The second-order valence-corrected chi connectivity index (χ2v) is 5.80. The van der Waals surface area contributed by atoms with Crippen molar-refractivity contribution in [3.8, 4) is 11.3 Å². The van der Waals surface area contributed by atoms with Gasteiger partial charge in [0.1, 0.15) is 17.0 Å². The average Bonchev–Trinajstić information content (AvgIpc) is 2.93. The minimum Gasteiger partial charge on any atom is -0.479 e. The molecule has 3 N–H and O–H groups in total. The van der Waals surface area contributed by atoms with Gasteiger partial charge in [0, 0.05) is 5.56 Å². The number of rotatable bonds is 5. The number of nitrogens with zero attached hydrogens (tertiary/aromatic N) is 1. The fourth-order valence-electron chi connectivity index (χ4n) is 2.07. The molecular weight excluding hydrogens is 357 g/mol. The molecule has 0 fully saturated rings. The van der Waals surface area contributed by atoms with Crippen molar-refractivity contribution < 1.29 is 37.5 Å². The summed E-state index contributed by atoms with van der Waals surface area (Å²) >= 11 is 0. The van der Waals surface area contributed by atoms with E-state index >= 15 is 0 Å². The SMILES string of the molecule is Cc1onc(-c2ccc(C(F)(F)F)cc2)c1C(=O)NCC(C)(O)C(=O)O. The number of carboxylic acids is 1. The maximum atomic E-state index is 12.6. The lowest BCUT2D eigenvalue weighted by atomic mass is 10.0. The number of carboxylic acid groups (broad SMARTS) is 1. The van der Waals surface area contributed by atoms with Crippen LogP contribution in [-0.4, -0.2) is 39.4 Å². The molecule has 2 aromatic rings. The van der Waals surface area contributed by atoms with Crippen molar-refractivity contribution in [1.82, 2.24) is 10.5 Å². The second kappa shape index (κ2) is 6.79. The highest BCUT2D eigenvalue weighted by Crippen LogP contribution is 2.32. The second-order valence-electron chi connectivity index (χ2n) is 5.80. The van der Waals surface area contributed by atoms with Crippen LogP contribution in [0.15, 0.2) is 28.8 Å². The number of aliphatic hydroxyl groups is 1. The first-order valence-electron chi connectivity index (χ1n) is 7.31. The number of amides is 1. The largest absolute Gasteiger partial charge is 0.479 e. The molecule has 1 amide bonds. The van der Waals surface area contributed by atoms with Crippen molar-refractivity contribution in [2.24, 2.45) is 0 Å². The summed E-state index contributed by atoms with van der Waals surface area (Å²) in [6.45, 7) is 1.84. The Morgan fingerprint density at radius 2 is 1.81 bits per heavy atom. The maximum absolute atomic E-state index is 12.6. The van der Waals surface area contributed by atoms with Crippen LogP contribution >= 0.6 is 0 Å². The predicted octanol–water partition coefficient (Wildman–Crippen LogP) is 2.23. The van der Waals surface area contributed by atoms with Crippen LogP contribution in [0.3, 0.4) is 0 Å². The lowest BCUT2D eigenvalue weighted by molar-refractivity contribution is -0.155. The number of carbonyl (C=O) groups excluding carboxylic acids is 1. The third-order valence-electron chi connectivity index (χ3n) is 3.63. The molecule has 0 spiro atoms. The van der Waals surface area contributed by atoms with Crippen LogP contribution in [0.25, 0.3) is 11.3 Å². The first-order valence-corrected chi connectivity index (χ1v) is 7.31. The van der Waals surface area contributed by atoms with E-state index in [9.17, 15) is 27.9 Å². The minimum atomic E-state index is -4.50. The first kappa shape index (κ1) is 19.4. The van der Waals surface area contributed by atoms with E-state index in [2.05, 4.69) is 10.5 Å². The van der Waals surface area contributed by atoms with Crippen LogP contribution in [0.5, 0.6) is 0 Å². The number of aliphatic carboxylic acids is 1. The van der Waals surface area contributed by atoms with Crippen molar-refractivity contribution in [2.75, 3.05) is 6.54 Å². The molecule has 0 aliphatic carbocycles. The summed E-state index contributed by atoms with van der Waals surface area (Å²) in [5, 5.41) is 24.4. The lowest BCUT2D eigenvalue weighted by Gasteiger charge is -2.18. The molecule has 26 heavy (non-hydrogen) atoms. The number of carbonyl (C=O) groups is 2. The summed E-state index contributed by atoms with van der Waals surface area (Å²) < 4.78 is 42.9. The fourth-order valence-corrected chi connectivity index (χ4v) is 2.07. The Morgan fingerprint density at radius 1 is 1.23 bits per heavy atom. The normalized spacial score (nSPS) is 13.9. The van der Waals surface area contributed by atoms with E-state index in [0.717, 1.165) is 31.2 Å². The van der Waals surface area contributed by atoms with Gasteiger partial charge in [0.05, 0.1) is 12.1 Å². The van der Waals surface area contributed by atoms with Gasteiger partial charge in [-0.25, -0.2) is 4.79 Å². The van der Waals surface area contributed by atoms with Crippen LogP contribution in [0.1, 0.15) is 28.6 Å². The zero-order chi connectivity index (χ0) is 19.7. The number of nitrogens with one attached hydrogen (secondary N) is 1. The molecule has 0 aliphatic rings. The number of hydrogen-bond donors (Lipinski definition) is 3. The zero-order valence-electron chi connectivity index (χ0n) is 13.7. The Kier molecular flexibility index (Phi) is 5.08. The number of aromatic nitrogens is 1. The van der Waals surface area contributed by atoms with E-state index in [4.69, 9.17) is 9.63 Å². The van der Waals surface area contributed by atoms with Crippen LogP contribution in [0.4, 0.5) is 13.2 Å². The molecule has 0 bridgehead atoms. The number of alkyl halides is 3. The van der Waals surface area contributed by atoms with Crippen LogP contribution in [-0.2, 0) is 11.0 Å². The molecule has 1 aromatic carbocycles. The molecule has 1 atom stereocenters. The first-order chi connectivity index (χ1) is 11.9. The third-order valence-corrected chi connectivity index (χ3v) is 3.63. The molecule has 1 heterocycles. The van der Waals surface area contributed by atoms with Crippen molar-refractivity contribution in [2.45, 2.75) is 25.6 Å². The lowest BCUT2D eigenvalue weighted by Crippen LogP contribution is -2.46. The summed E-state index contributed by atoms with van der Waals surface area (Å²) in [7, 11) is 0. The molecule has 2 rings (SSSR count). The molecule has 0 radical (unpaired) electrons. The maximum Gasteiger partial charge on any atom is 0.416 e. The summed E-state index contributed by atoms with van der Waals surface area (Å²) in [5.74, 6) is -2.21. The van der Waals surface area contributed by atoms with Crippen molar-refractivity contribution in [1.29, 1.82) is 0 Å². The predicted molar refractivity (Wildman–Crippen MR) is 82.3 cm³/mol. The van der Waals surface area contributed by atoms with Gasteiger partial charge in [-0.1, -0.05) is 17.3 Å². The number of halogens is 3. The van der Waals surface area contributed by atoms with E-state index in [1.165, 1.54) is 6.92 Å². The van der Waals surface area contributed by atoms with Crippen LogP contribution < -0.4 is 5.32 Å². The monoisotopic (exact) mass is 372 g/mol. The fraction of sp³-hybridized carbons (Fsp3) is 0.312. The van der Waals surface area contributed by atoms with E-state index in [1.54, 1.807) is 0 Å². The van der Waals surface area contributed by atoms with Crippen molar-refractivity contribution >= 4 is 11.9 Å². The zero-order valence-corrected chi connectivity index (χ0v) is 13.7. The van der Waals surface area contributed by atoms with Crippen LogP contribution in [0, 0.1) is 6.92 Å². The number of aryl methyl sites for hydroxylation is 1. The van der Waals surface area contributed by atoms with Gasteiger partial charge < -0.3 is 20.1 Å². The Morgan fingerprint density at radius 3 is 2.31 bits per heavy atom. The van der Waals surface area contributed by atoms with Gasteiger partial charge in [-0.3, -0.25) is 4.79 Å². The quantitative estimate of drug-likeness (QED) is 0.742. The minimum absolute atomic E-state index is 0.00342. The molecule has 140 valence electrons. The summed E-state index contributed by atoms with van der Waals surface area (Å²) in [5.41, 5.74) is -2.89. The van der Waals surface area contributed by atoms with Gasteiger partial charge in [-0.05, 0) is 26.0 Å². The summed E-state index contributed by atoms with van der Waals surface area (Å²) in [6, 6.07) is 3.97. The van der Waals surface area contributed by atoms with Crippen LogP contribution in [0.2, 0.25) is 0 Å². The molecule has 1 aromatic heterocycles. The average molecular weight is 372 g/mol. The van der Waals surface area contributed by atoms with Gasteiger partial charge in [0.25, 0.3) is 5.91 Å². The smallest absolute Gasteiger partial charge is 0.416 e. The third kappa shape index (κ3) is 4.02. The van der Waals surface area contributed by atoms with Gasteiger partial charge in [0.15, 0.2) is 5.60 Å². The highest BCUT2D eigenvalue weighted by Gasteiger charge is 2.32. The van der Waals surface area contributed by atoms with Crippen molar-refractivity contribution in [3.05, 3.63) is 41.2 Å². The Balaban J connectivity index is 2.28. The molecular formula is C16H15F3N2O5. The molecule has 10 heteroatoms. The van der Waals surface area contributed by atoms with Gasteiger partial charge in [-0.2, -0.15) is 13.2 Å². The standard InChI is InChI=1S/C16H15F3N2O5/c1-8-11(13(22)20-7-15(2,25)14(23)24)12(21-26-8)9-3-5-10(6-4-9)16(17,18)19/h3-6,25H,7H2,1-2H3,(H,20,22)(H,23,24). The van der Waals surface area contributed by atoms with Gasteiger partial charge >= 0.3 is 12.1 Å². The molecule has 1 unspecified atom stereocenters. The summed E-state index contributed by atoms with van der Waals surface area (Å²) in [4.78, 5) is 23.2. The Bertz CT molecular complexity index is 825. The van der Waals surface area contributed by atoms with E-state index in [0.29, 0.717) is 0 Å². The molecule has 0 saturated carbocycles. The highest BCUT2D eigenvalue weighted by molar-refractivity contribution is 6.01. The topological polar surface area (TPSA) is 113 Å². The Labute approximate surface area is 145 Å². The van der Waals surface area contributed by atoms with E-state index < -0.39 is 35.8 Å².